The van der Waals surface area contributed by atoms with Gasteiger partial charge >= 0.3 is 5.69 Å². The zero-order chi connectivity index (χ0) is 14.2. The van der Waals surface area contributed by atoms with Crippen molar-refractivity contribution in [2.24, 2.45) is 0 Å². The number of H-pyrrole nitrogens is 1. The SMILES string of the molecule is CO[C@H]1C(O)[C@@H](CO)O[C@H]1n1cc(C)c(=S)[nH]c1=O. The van der Waals surface area contributed by atoms with Crippen molar-refractivity contribution in [3.8, 4) is 0 Å². The smallest absolute Gasteiger partial charge is 0.328 e. The molecule has 1 fully saturated rings. The molecule has 4 atom stereocenters. The molecule has 19 heavy (non-hydrogen) atoms. The minimum absolute atomic E-state index is 0.353. The third kappa shape index (κ3) is 2.49. The molecule has 1 aromatic heterocycles. The second-order valence-electron chi connectivity index (χ2n) is 4.42. The van der Waals surface area contributed by atoms with Crippen LogP contribution in [-0.4, -0.2) is 51.8 Å². The molecule has 2 heterocycles. The lowest BCUT2D eigenvalue weighted by Crippen LogP contribution is -2.37. The molecule has 3 N–H and O–H groups in total. The molecular formula is C11H16N2O5S. The number of hydrogen-bond donors (Lipinski definition) is 3. The van der Waals surface area contributed by atoms with E-state index in [9.17, 15) is 9.90 Å². The summed E-state index contributed by atoms with van der Waals surface area (Å²) in [6.45, 7) is 1.40. The highest BCUT2D eigenvalue weighted by Crippen LogP contribution is 2.30. The Labute approximate surface area is 114 Å². The lowest BCUT2D eigenvalue weighted by molar-refractivity contribution is -0.0626. The zero-order valence-corrected chi connectivity index (χ0v) is 11.4. The number of ether oxygens (including phenoxy) is 2. The van der Waals surface area contributed by atoms with E-state index in [1.54, 1.807) is 13.1 Å². The number of rotatable bonds is 3. The summed E-state index contributed by atoms with van der Waals surface area (Å²) in [5.74, 6) is 0. The van der Waals surface area contributed by atoms with Gasteiger partial charge in [-0.2, -0.15) is 0 Å². The van der Waals surface area contributed by atoms with E-state index in [-0.39, 0.29) is 6.61 Å². The minimum Gasteiger partial charge on any atom is -0.394 e. The topological polar surface area (TPSA) is 96.7 Å². The molecule has 106 valence electrons. The average Bonchev–Trinajstić information content (AvgIpc) is 2.70. The molecule has 0 aromatic carbocycles. The number of aryl methyl sites for hydroxylation is 1. The van der Waals surface area contributed by atoms with Crippen LogP contribution in [0.3, 0.4) is 0 Å². The van der Waals surface area contributed by atoms with Crippen molar-refractivity contribution < 1.29 is 19.7 Å². The Morgan fingerprint density at radius 2 is 2.32 bits per heavy atom. The number of hydrogen-bond acceptors (Lipinski definition) is 6. The molecule has 0 amide bonds. The van der Waals surface area contributed by atoms with E-state index in [0.717, 1.165) is 0 Å². The summed E-state index contributed by atoms with van der Waals surface area (Å²) < 4.78 is 12.3. The maximum Gasteiger partial charge on any atom is 0.328 e. The third-order valence-electron chi connectivity index (χ3n) is 3.18. The van der Waals surface area contributed by atoms with E-state index in [0.29, 0.717) is 10.2 Å². The fourth-order valence-electron chi connectivity index (χ4n) is 2.12. The molecular weight excluding hydrogens is 272 g/mol. The number of aliphatic hydroxyl groups is 2. The Morgan fingerprint density at radius 1 is 1.63 bits per heavy atom. The number of nitrogens with zero attached hydrogens (tertiary/aromatic N) is 1. The minimum atomic E-state index is -1.00. The van der Waals surface area contributed by atoms with Crippen LogP contribution in [0.2, 0.25) is 0 Å². The fraction of sp³-hybridized carbons (Fsp3) is 0.636. The Kier molecular flexibility index (Phi) is 4.16. The second kappa shape index (κ2) is 5.51. The van der Waals surface area contributed by atoms with E-state index < -0.39 is 30.2 Å². The quantitative estimate of drug-likeness (QED) is 0.648. The van der Waals surface area contributed by atoms with Crippen LogP contribution in [0.1, 0.15) is 11.8 Å². The van der Waals surface area contributed by atoms with Crippen LogP contribution in [0, 0.1) is 11.6 Å². The van der Waals surface area contributed by atoms with Gasteiger partial charge in [-0.1, -0.05) is 12.2 Å². The van der Waals surface area contributed by atoms with E-state index >= 15 is 0 Å². The van der Waals surface area contributed by atoms with Crippen LogP contribution in [-0.2, 0) is 9.47 Å². The average molecular weight is 288 g/mol. The molecule has 1 aliphatic heterocycles. The molecule has 0 radical (unpaired) electrons. The first-order valence-electron chi connectivity index (χ1n) is 5.78. The van der Waals surface area contributed by atoms with Crippen LogP contribution in [0.4, 0.5) is 0 Å². The Morgan fingerprint density at radius 3 is 2.89 bits per heavy atom. The Bertz CT molecular complexity index is 569. The summed E-state index contributed by atoms with van der Waals surface area (Å²) in [4.78, 5) is 14.4. The number of aromatic nitrogens is 2. The maximum atomic E-state index is 11.9. The highest BCUT2D eigenvalue weighted by atomic mass is 32.1. The summed E-state index contributed by atoms with van der Waals surface area (Å²) in [5, 5.41) is 19.1. The van der Waals surface area contributed by atoms with E-state index in [1.807, 2.05) is 0 Å². The van der Waals surface area contributed by atoms with Crippen LogP contribution in [0.25, 0.3) is 0 Å². The van der Waals surface area contributed by atoms with Gasteiger partial charge in [-0.15, -0.1) is 0 Å². The molecule has 0 aliphatic carbocycles. The van der Waals surface area contributed by atoms with Crippen molar-refractivity contribution in [1.29, 1.82) is 0 Å². The monoisotopic (exact) mass is 288 g/mol. The van der Waals surface area contributed by atoms with E-state index in [1.165, 1.54) is 11.7 Å². The third-order valence-corrected chi connectivity index (χ3v) is 3.61. The van der Waals surface area contributed by atoms with E-state index in [2.05, 4.69) is 4.98 Å². The van der Waals surface area contributed by atoms with Gasteiger partial charge < -0.3 is 19.7 Å². The van der Waals surface area contributed by atoms with Gasteiger partial charge in [-0.3, -0.25) is 9.55 Å². The normalized spacial score (nSPS) is 30.7. The first-order valence-corrected chi connectivity index (χ1v) is 6.19. The molecule has 7 nitrogen and oxygen atoms in total. The molecule has 1 aromatic rings. The molecule has 1 unspecified atom stereocenters. The van der Waals surface area contributed by atoms with Crippen molar-refractivity contribution in [2.75, 3.05) is 13.7 Å². The summed E-state index contributed by atoms with van der Waals surface area (Å²) in [7, 11) is 1.41. The van der Waals surface area contributed by atoms with Crippen LogP contribution < -0.4 is 5.69 Å². The largest absolute Gasteiger partial charge is 0.394 e. The first kappa shape index (κ1) is 14.4. The highest BCUT2D eigenvalue weighted by molar-refractivity contribution is 7.71. The van der Waals surface area contributed by atoms with Gasteiger partial charge in [0, 0.05) is 18.9 Å². The summed E-state index contributed by atoms with van der Waals surface area (Å²) in [5.41, 5.74) is 0.253. The predicted octanol–water partition coefficient (Wildman–Crippen LogP) is -0.520. The van der Waals surface area contributed by atoms with Crippen molar-refractivity contribution >= 4 is 12.2 Å². The highest BCUT2D eigenvalue weighted by Gasteiger charge is 2.45. The van der Waals surface area contributed by atoms with Gasteiger partial charge in [0.05, 0.1) is 6.61 Å². The van der Waals surface area contributed by atoms with Crippen molar-refractivity contribution in [3.05, 3.63) is 26.9 Å². The summed E-state index contributed by atoms with van der Waals surface area (Å²) in [6.07, 6.45) is -1.79. The standard InChI is InChI=1S/C11H16N2O5S/c1-5-3-13(11(16)12-9(5)19)10-8(17-2)7(15)6(4-14)18-10/h3,6-8,10,14-15H,4H2,1-2H3,(H,12,16,19)/t6-,7?,8+,10-/m1/s1. The van der Waals surface area contributed by atoms with Crippen LogP contribution in [0.5, 0.6) is 0 Å². The van der Waals surface area contributed by atoms with Gasteiger partial charge in [0.15, 0.2) is 6.23 Å². The molecule has 0 bridgehead atoms. The van der Waals surface area contributed by atoms with Crippen molar-refractivity contribution in [3.63, 3.8) is 0 Å². The molecule has 8 heteroatoms. The number of nitrogens with one attached hydrogen (secondary N) is 1. The molecule has 0 spiro atoms. The second-order valence-corrected chi connectivity index (χ2v) is 4.83. The van der Waals surface area contributed by atoms with Gasteiger partial charge in [0.1, 0.15) is 23.0 Å². The maximum absolute atomic E-state index is 11.9. The molecule has 1 aliphatic rings. The van der Waals surface area contributed by atoms with E-state index in [4.69, 9.17) is 26.8 Å². The predicted molar refractivity (Wildman–Crippen MR) is 68.4 cm³/mol. The molecule has 2 rings (SSSR count). The summed E-state index contributed by atoms with van der Waals surface area (Å²) >= 11 is 4.97. The lowest BCUT2D eigenvalue weighted by atomic mass is 10.1. The van der Waals surface area contributed by atoms with Crippen LogP contribution in [0.15, 0.2) is 11.0 Å². The number of aliphatic hydroxyl groups excluding tert-OH is 2. The van der Waals surface area contributed by atoms with Gasteiger partial charge in [0.2, 0.25) is 0 Å². The lowest BCUT2D eigenvalue weighted by Gasteiger charge is -2.20. The fourth-order valence-corrected chi connectivity index (χ4v) is 2.26. The Balaban J connectivity index is 2.44. The van der Waals surface area contributed by atoms with Gasteiger partial charge in [0.25, 0.3) is 0 Å². The number of methoxy groups -OCH3 is 1. The van der Waals surface area contributed by atoms with Crippen molar-refractivity contribution in [2.45, 2.75) is 31.5 Å². The Hall–Kier alpha value is -1.06. The van der Waals surface area contributed by atoms with Crippen LogP contribution >= 0.6 is 12.2 Å². The zero-order valence-electron chi connectivity index (χ0n) is 10.6. The summed E-state index contributed by atoms with van der Waals surface area (Å²) in [6, 6.07) is 0. The molecule has 0 saturated carbocycles. The molecule has 1 saturated heterocycles. The number of aromatic amines is 1. The van der Waals surface area contributed by atoms with Crippen molar-refractivity contribution in [1.82, 2.24) is 9.55 Å². The first-order chi connectivity index (χ1) is 8.99. The van der Waals surface area contributed by atoms with Gasteiger partial charge in [-0.05, 0) is 6.92 Å². The van der Waals surface area contributed by atoms with Gasteiger partial charge in [-0.25, -0.2) is 4.79 Å².